The molecule has 0 saturated carbocycles. The fourth-order valence-corrected chi connectivity index (χ4v) is 1.50. The van der Waals surface area contributed by atoms with Crippen molar-refractivity contribution in [3.8, 4) is 6.08 Å². The van der Waals surface area contributed by atoms with E-state index < -0.39 is 0 Å². The van der Waals surface area contributed by atoms with Crippen LogP contribution in [-0.4, -0.2) is 31.5 Å². The second kappa shape index (κ2) is 4.32. The first kappa shape index (κ1) is 10.6. The SMILES string of the molecule is CNCC(=O)c1cccc2oc(OC)nc12. The number of likely N-dealkylation sites (N-methyl/N-ethyl adjacent to an activating group) is 1. The number of para-hydroxylation sites is 1. The minimum Gasteiger partial charge on any atom is -0.453 e. The average Bonchev–Trinajstić information content (AvgIpc) is 2.71. The monoisotopic (exact) mass is 220 g/mol. The number of hydrogen-bond acceptors (Lipinski definition) is 5. The van der Waals surface area contributed by atoms with Gasteiger partial charge in [0.1, 0.15) is 5.52 Å². The van der Waals surface area contributed by atoms with Crippen LogP contribution >= 0.6 is 0 Å². The van der Waals surface area contributed by atoms with Crippen molar-refractivity contribution >= 4 is 16.9 Å². The van der Waals surface area contributed by atoms with E-state index in [9.17, 15) is 4.79 Å². The Hall–Kier alpha value is -1.88. The maximum absolute atomic E-state index is 11.8. The van der Waals surface area contributed by atoms with E-state index in [1.807, 2.05) is 0 Å². The van der Waals surface area contributed by atoms with Gasteiger partial charge in [-0.05, 0) is 19.2 Å². The molecule has 84 valence electrons. The molecule has 0 amide bonds. The number of fused-ring (bicyclic) bond motifs is 1. The van der Waals surface area contributed by atoms with E-state index in [0.717, 1.165) is 0 Å². The summed E-state index contributed by atoms with van der Waals surface area (Å²) < 4.78 is 10.2. The van der Waals surface area contributed by atoms with Crippen LogP contribution in [0.1, 0.15) is 10.4 Å². The summed E-state index contributed by atoms with van der Waals surface area (Å²) in [6, 6.07) is 5.24. The number of ether oxygens (including phenoxy) is 1. The summed E-state index contributed by atoms with van der Waals surface area (Å²) in [4.78, 5) is 15.9. The van der Waals surface area contributed by atoms with Gasteiger partial charge in [-0.25, -0.2) is 0 Å². The van der Waals surface area contributed by atoms with E-state index in [2.05, 4.69) is 10.3 Å². The summed E-state index contributed by atoms with van der Waals surface area (Å²) in [5.41, 5.74) is 1.64. The molecule has 5 nitrogen and oxygen atoms in total. The zero-order valence-electron chi connectivity index (χ0n) is 9.11. The third-order valence-corrected chi connectivity index (χ3v) is 2.21. The largest absolute Gasteiger partial charge is 0.453 e. The molecule has 0 radical (unpaired) electrons. The number of aromatic nitrogens is 1. The van der Waals surface area contributed by atoms with E-state index >= 15 is 0 Å². The van der Waals surface area contributed by atoms with Gasteiger partial charge in [-0.15, -0.1) is 0 Å². The van der Waals surface area contributed by atoms with Crippen molar-refractivity contribution in [2.45, 2.75) is 0 Å². The number of carbonyl (C=O) groups excluding carboxylic acids is 1. The molecule has 0 fully saturated rings. The predicted molar refractivity (Wildman–Crippen MR) is 58.8 cm³/mol. The Morgan fingerprint density at radius 2 is 2.38 bits per heavy atom. The second-order valence-electron chi connectivity index (χ2n) is 3.29. The van der Waals surface area contributed by atoms with Crippen LogP contribution < -0.4 is 10.1 Å². The number of hydrogen-bond donors (Lipinski definition) is 1. The zero-order chi connectivity index (χ0) is 11.5. The quantitative estimate of drug-likeness (QED) is 0.785. The first-order chi connectivity index (χ1) is 7.76. The maximum atomic E-state index is 11.8. The smallest absolute Gasteiger partial charge is 0.394 e. The molecule has 0 saturated heterocycles. The minimum absolute atomic E-state index is 0.0240. The lowest BCUT2D eigenvalue weighted by atomic mass is 10.1. The van der Waals surface area contributed by atoms with Gasteiger partial charge < -0.3 is 14.5 Å². The molecular formula is C11H12N2O3. The highest BCUT2D eigenvalue weighted by molar-refractivity contribution is 6.06. The number of benzene rings is 1. The highest BCUT2D eigenvalue weighted by Gasteiger charge is 2.14. The average molecular weight is 220 g/mol. The molecule has 2 rings (SSSR count). The third-order valence-electron chi connectivity index (χ3n) is 2.21. The number of rotatable bonds is 4. The van der Waals surface area contributed by atoms with Gasteiger partial charge in [0.25, 0.3) is 0 Å². The van der Waals surface area contributed by atoms with E-state index in [0.29, 0.717) is 16.7 Å². The summed E-state index contributed by atoms with van der Waals surface area (Å²) in [6.45, 7) is 0.272. The number of nitrogens with zero attached hydrogens (tertiary/aromatic N) is 1. The van der Waals surface area contributed by atoms with Gasteiger partial charge in [-0.2, -0.15) is 4.98 Å². The maximum Gasteiger partial charge on any atom is 0.394 e. The normalized spacial score (nSPS) is 10.6. The van der Waals surface area contributed by atoms with Crippen molar-refractivity contribution in [2.75, 3.05) is 20.7 Å². The van der Waals surface area contributed by atoms with Crippen molar-refractivity contribution in [3.05, 3.63) is 23.8 Å². The lowest BCUT2D eigenvalue weighted by Gasteiger charge is -1.99. The van der Waals surface area contributed by atoms with Crippen molar-refractivity contribution in [3.63, 3.8) is 0 Å². The molecule has 1 heterocycles. The molecule has 0 atom stereocenters. The molecule has 0 aliphatic heterocycles. The summed E-state index contributed by atoms with van der Waals surface area (Å²) in [6.07, 6.45) is 0.166. The van der Waals surface area contributed by atoms with Crippen LogP contribution in [0.25, 0.3) is 11.1 Å². The van der Waals surface area contributed by atoms with Crippen LogP contribution in [0.5, 0.6) is 6.08 Å². The van der Waals surface area contributed by atoms with Crippen LogP contribution in [0.4, 0.5) is 0 Å². The van der Waals surface area contributed by atoms with Crippen LogP contribution in [0.15, 0.2) is 22.6 Å². The van der Waals surface area contributed by atoms with Crippen molar-refractivity contribution in [2.24, 2.45) is 0 Å². The molecule has 5 heteroatoms. The number of carbonyl (C=O) groups is 1. The van der Waals surface area contributed by atoms with Gasteiger partial charge in [0.15, 0.2) is 11.4 Å². The highest BCUT2D eigenvalue weighted by atomic mass is 16.6. The van der Waals surface area contributed by atoms with E-state index in [-0.39, 0.29) is 18.4 Å². The number of ketones is 1. The van der Waals surface area contributed by atoms with Crippen molar-refractivity contribution in [1.82, 2.24) is 10.3 Å². The van der Waals surface area contributed by atoms with Gasteiger partial charge in [0.05, 0.1) is 13.7 Å². The van der Waals surface area contributed by atoms with Crippen LogP contribution in [0, 0.1) is 0 Å². The molecule has 0 aliphatic rings. The Bertz CT molecular complexity index is 519. The minimum atomic E-state index is -0.0240. The lowest BCUT2D eigenvalue weighted by Crippen LogP contribution is -2.18. The Labute approximate surface area is 92.4 Å². The zero-order valence-corrected chi connectivity index (χ0v) is 9.11. The Morgan fingerprint density at radius 1 is 1.56 bits per heavy atom. The number of Topliss-reactive ketones (excluding diaryl/α,β-unsaturated/α-hetero) is 1. The summed E-state index contributed by atoms with van der Waals surface area (Å²) in [7, 11) is 3.20. The fraction of sp³-hybridized carbons (Fsp3) is 0.273. The molecule has 1 aromatic carbocycles. The molecule has 0 unspecified atom stereocenters. The van der Waals surface area contributed by atoms with Gasteiger partial charge in [-0.1, -0.05) is 6.07 Å². The first-order valence-corrected chi connectivity index (χ1v) is 4.87. The van der Waals surface area contributed by atoms with E-state index in [4.69, 9.17) is 9.15 Å². The Morgan fingerprint density at radius 3 is 3.06 bits per heavy atom. The van der Waals surface area contributed by atoms with Crippen molar-refractivity contribution < 1.29 is 13.9 Å². The van der Waals surface area contributed by atoms with Gasteiger partial charge in [-0.3, -0.25) is 4.79 Å². The molecule has 0 spiro atoms. The van der Waals surface area contributed by atoms with E-state index in [1.54, 1.807) is 25.2 Å². The summed E-state index contributed by atoms with van der Waals surface area (Å²) in [5.74, 6) is -0.0240. The molecule has 16 heavy (non-hydrogen) atoms. The lowest BCUT2D eigenvalue weighted by molar-refractivity contribution is 0.0995. The van der Waals surface area contributed by atoms with Crippen LogP contribution in [0.2, 0.25) is 0 Å². The number of oxazole rings is 1. The fourth-order valence-electron chi connectivity index (χ4n) is 1.50. The molecule has 0 aliphatic carbocycles. The predicted octanol–water partition coefficient (Wildman–Crippen LogP) is 1.24. The Balaban J connectivity index is 2.52. The molecular weight excluding hydrogens is 208 g/mol. The van der Waals surface area contributed by atoms with E-state index in [1.165, 1.54) is 7.11 Å². The second-order valence-corrected chi connectivity index (χ2v) is 3.29. The Kier molecular flexibility index (Phi) is 2.87. The topological polar surface area (TPSA) is 64.4 Å². The number of methoxy groups -OCH3 is 1. The van der Waals surface area contributed by atoms with Crippen LogP contribution in [-0.2, 0) is 0 Å². The first-order valence-electron chi connectivity index (χ1n) is 4.87. The third kappa shape index (κ3) is 1.77. The van der Waals surface area contributed by atoms with Crippen LogP contribution in [0.3, 0.4) is 0 Å². The molecule has 2 aromatic rings. The van der Waals surface area contributed by atoms with Crippen molar-refractivity contribution in [1.29, 1.82) is 0 Å². The number of nitrogens with one attached hydrogen (secondary N) is 1. The highest BCUT2D eigenvalue weighted by Crippen LogP contribution is 2.23. The summed E-state index contributed by atoms with van der Waals surface area (Å²) in [5, 5.41) is 2.81. The summed E-state index contributed by atoms with van der Waals surface area (Å²) >= 11 is 0. The standard InChI is InChI=1S/C11H12N2O3/c1-12-6-8(14)7-4-3-5-9-10(7)13-11(15-2)16-9/h3-5,12H,6H2,1-2H3. The van der Waals surface area contributed by atoms with Gasteiger partial charge in [0, 0.05) is 5.56 Å². The van der Waals surface area contributed by atoms with Gasteiger partial charge >= 0.3 is 6.08 Å². The molecule has 0 bridgehead atoms. The van der Waals surface area contributed by atoms with Gasteiger partial charge in [0.2, 0.25) is 0 Å². The molecule has 1 N–H and O–H groups in total. The molecule has 1 aromatic heterocycles.